The van der Waals surface area contributed by atoms with Gasteiger partial charge < -0.3 is 19.9 Å². The molecule has 0 aromatic heterocycles. The van der Waals surface area contributed by atoms with E-state index >= 15 is 0 Å². The summed E-state index contributed by atoms with van der Waals surface area (Å²) in [7, 11) is 0. The zero-order valence-electron chi connectivity index (χ0n) is 11.9. The molecule has 0 bridgehead atoms. The average Bonchev–Trinajstić information content (AvgIpc) is 2.44. The zero-order chi connectivity index (χ0) is 15.8. The van der Waals surface area contributed by atoms with Gasteiger partial charge in [-0.15, -0.1) is 0 Å². The van der Waals surface area contributed by atoms with Gasteiger partial charge in [-0.25, -0.2) is 0 Å². The average molecular weight is 316 g/mol. The molecule has 21 heavy (non-hydrogen) atoms. The monoisotopic (exact) mass is 315 g/mol. The highest BCUT2D eigenvalue weighted by Crippen LogP contribution is 2.36. The molecule has 0 atom stereocenters. The van der Waals surface area contributed by atoms with E-state index in [4.69, 9.17) is 26.2 Å². The summed E-state index contributed by atoms with van der Waals surface area (Å²) >= 11 is 6.11. The van der Waals surface area contributed by atoms with Crippen molar-refractivity contribution in [2.24, 2.45) is 0 Å². The molecular formula is C14H18ClNO5. The number of aliphatic carboxylic acids is 1. The Morgan fingerprint density at radius 3 is 2.57 bits per heavy atom. The summed E-state index contributed by atoms with van der Waals surface area (Å²) in [6, 6.07) is 2.91. The maximum Gasteiger partial charge on any atom is 0.322 e. The van der Waals surface area contributed by atoms with Gasteiger partial charge in [0.05, 0.1) is 18.2 Å². The van der Waals surface area contributed by atoms with Crippen LogP contribution >= 0.6 is 11.6 Å². The van der Waals surface area contributed by atoms with Crippen LogP contribution in [-0.4, -0.2) is 36.7 Å². The number of carboxylic acid groups (broad SMARTS) is 1. The van der Waals surface area contributed by atoms with Gasteiger partial charge in [0, 0.05) is 5.56 Å². The van der Waals surface area contributed by atoms with E-state index in [0.717, 1.165) is 6.42 Å². The van der Waals surface area contributed by atoms with Crippen LogP contribution < -0.4 is 14.8 Å². The number of carbonyl (C=O) groups excluding carboxylic acids is 1. The molecule has 116 valence electrons. The number of nitrogens with one attached hydrogen (secondary N) is 1. The number of ether oxygens (including phenoxy) is 2. The van der Waals surface area contributed by atoms with Crippen molar-refractivity contribution >= 4 is 23.5 Å². The minimum atomic E-state index is -1.12. The Bertz CT molecular complexity index is 518. The lowest BCUT2D eigenvalue weighted by atomic mass is 10.2. The summed E-state index contributed by atoms with van der Waals surface area (Å²) in [4.78, 5) is 22.3. The molecular weight excluding hydrogens is 298 g/mol. The molecule has 7 heteroatoms. The number of hydrogen-bond acceptors (Lipinski definition) is 4. The molecule has 0 fully saturated rings. The molecule has 0 aliphatic heterocycles. The first-order valence-electron chi connectivity index (χ1n) is 6.58. The van der Waals surface area contributed by atoms with Gasteiger partial charge in [-0.2, -0.15) is 0 Å². The van der Waals surface area contributed by atoms with Crippen LogP contribution in [-0.2, 0) is 4.79 Å². The highest BCUT2D eigenvalue weighted by molar-refractivity contribution is 6.32. The molecule has 0 saturated heterocycles. The van der Waals surface area contributed by atoms with Crippen LogP contribution in [0, 0.1) is 0 Å². The van der Waals surface area contributed by atoms with Crippen molar-refractivity contribution in [2.45, 2.75) is 20.3 Å². The minimum absolute atomic E-state index is 0.216. The molecule has 1 amide bonds. The first kappa shape index (κ1) is 17.1. The highest BCUT2D eigenvalue weighted by atomic mass is 35.5. The Balaban J connectivity index is 3.01. The Morgan fingerprint density at radius 2 is 2.00 bits per heavy atom. The number of amides is 1. The summed E-state index contributed by atoms with van der Waals surface area (Å²) in [6.45, 7) is 4.16. The van der Waals surface area contributed by atoms with Gasteiger partial charge in [0.15, 0.2) is 11.5 Å². The SMILES string of the molecule is CCCOc1c(Cl)cc(C(=O)NCC(=O)O)cc1OCC. The highest BCUT2D eigenvalue weighted by Gasteiger charge is 2.16. The molecule has 0 aliphatic carbocycles. The van der Waals surface area contributed by atoms with Crippen molar-refractivity contribution in [1.82, 2.24) is 5.32 Å². The summed E-state index contributed by atoms with van der Waals surface area (Å²) in [5.74, 6) is -0.918. The fraction of sp³-hybridized carbons (Fsp3) is 0.429. The van der Waals surface area contributed by atoms with Crippen molar-refractivity contribution in [1.29, 1.82) is 0 Å². The fourth-order valence-electron chi connectivity index (χ4n) is 1.56. The van der Waals surface area contributed by atoms with Crippen molar-refractivity contribution in [3.63, 3.8) is 0 Å². The maximum absolute atomic E-state index is 11.9. The fourth-order valence-corrected chi connectivity index (χ4v) is 1.83. The first-order chi connectivity index (χ1) is 9.99. The lowest BCUT2D eigenvalue weighted by Crippen LogP contribution is -2.29. The number of halogens is 1. The lowest BCUT2D eigenvalue weighted by Gasteiger charge is -2.14. The smallest absolute Gasteiger partial charge is 0.322 e. The van der Waals surface area contributed by atoms with E-state index in [-0.39, 0.29) is 10.6 Å². The molecule has 0 spiro atoms. The van der Waals surface area contributed by atoms with Crippen LogP contribution in [0.3, 0.4) is 0 Å². The van der Waals surface area contributed by atoms with Crippen LogP contribution in [0.25, 0.3) is 0 Å². The second-order valence-electron chi connectivity index (χ2n) is 4.14. The molecule has 0 heterocycles. The third-order valence-electron chi connectivity index (χ3n) is 2.42. The second-order valence-corrected chi connectivity index (χ2v) is 4.55. The Kier molecular flexibility index (Phi) is 6.81. The number of carboxylic acids is 1. The van der Waals surface area contributed by atoms with E-state index in [1.54, 1.807) is 6.92 Å². The standard InChI is InChI=1S/C14H18ClNO5/c1-3-5-21-13-10(15)6-9(7-11(13)20-4-2)14(19)16-8-12(17)18/h6-7H,3-5,8H2,1-2H3,(H,16,19)(H,17,18). The number of hydrogen-bond donors (Lipinski definition) is 2. The summed E-state index contributed by atoms with van der Waals surface area (Å²) in [5, 5.41) is 11.1. The first-order valence-corrected chi connectivity index (χ1v) is 6.96. The van der Waals surface area contributed by atoms with E-state index in [1.165, 1.54) is 12.1 Å². The third-order valence-corrected chi connectivity index (χ3v) is 2.70. The second kappa shape index (κ2) is 8.36. The van der Waals surface area contributed by atoms with Gasteiger partial charge >= 0.3 is 5.97 Å². The number of rotatable bonds is 8. The van der Waals surface area contributed by atoms with E-state index in [9.17, 15) is 9.59 Å². The van der Waals surface area contributed by atoms with Gasteiger partial charge in [0.1, 0.15) is 6.54 Å². The van der Waals surface area contributed by atoms with Crippen LogP contribution in [0.5, 0.6) is 11.5 Å². The maximum atomic E-state index is 11.9. The summed E-state index contributed by atoms with van der Waals surface area (Å²) < 4.78 is 10.9. The number of benzene rings is 1. The van der Waals surface area contributed by atoms with E-state index in [2.05, 4.69) is 5.32 Å². The lowest BCUT2D eigenvalue weighted by molar-refractivity contribution is -0.135. The van der Waals surface area contributed by atoms with Gasteiger partial charge in [-0.1, -0.05) is 18.5 Å². The molecule has 0 saturated carbocycles. The minimum Gasteiger partial charge on any atom is -0.490 e. The Labute approximate surface area is 128 Å². The topological polar surface area (TPSA) is 84.9 Å². The predicted octanol–water partition coefficient (Wildman–Crippen LogP) is 2.34. The van der Waals surface area contributed by atoms with Crippen molar-refractivity contribution in [3.8, 4) is 11.5 Å². The third kappa shape index (κ3) is 5.15. The molecule has 1 rings (SSSR count). The normalized spacial score (nSPS) is 10.0. The van der Waals surface area contributed by atoms with E-state index in [1.807, 2.05) is 6.92 Å². The largest absolute Gasteiger partial charge is 0.490 e. The van der Waals surface area contributed by atoms with Gasteiger partial charge in [0.25, 0.3) is 5.91 Å². The number of carbonyl (C=O) groups is 2. The van der Waals surface area contributed by atoms with Crippen molar-refractivity contribution in [2.75, 3.05) is 19.8 Å². The van der Waals surface area contributed by atoms with Gasteiger partial charge in [0.2, 0.25) is 0 Å². The molecule has 6 nitrogen and oxygen atoms in total. The predicted molar refractivity (Wildman–Crippen MR) is 78.4 cm³/mol. The quantitative estimate of drug-likeness (QED) is 0.769. The van der Waals surface area contributed by atoms with Crippen molar-refractivity contribution in [3.05, 3.63) is 22.7 Å². The molecule has 0 unspecified atom stereocenters. The molecule has 0 aliphatic rings. The Morgan fingerprint density at radius 1 is 1.29 bits per heavy atom. The zero-order valence-corrected chi connectivity index (χ0v) is 12.7. The van der Waals surface area contributed by atoms with Crippen molar-refractivity contribution < 1.29 is 24.2 Å². The molecule has 2 N–H and O–H groups in total. The van der Waals surface area contributed by atoms with Crippen LogP contribution in [0.15, 0.2) is 12.1 Å². The Hall–Kier alpha value is -1.95. The van der Waals surface area contributed by atoms with Gasteiger partial charge in [-0.05, 0) is 25.5 Å². The van der Waals surface area contributed by atoms with E-state index in [0.29, 0.717) is 24.7 Å². The van der Waals surface area contributed by atoms with Crippen LogP contribution in [0.2, 0.25) is 5.02 Å². The molecule has 1 aromatic carbocycles. The van der Waals surface area contributed by atoms with Crippen LogP contribution in [0.4, 0.5) is 0 Å². The summed E-state index contributed by atoms with van der Waals surface area (Å²) in [5.41, 5.74) is 0.216. The van der Waals surface area contributed by atoms with Crippen LogP contribution in [0.1, 0.15) is 30.6 Å². The molecule has 0 radical (unpaired) electrons. The van der Waals surface area contributed by atoms with Gasteiger partial charge in [-0.3, -0.25) is 9.59 Å². The molecule has 1 aromatic rings. The van der Waals surface area contributed by atoms with E-state index < -0.39 is 18.4 Å². The summed E-state index contributed by atoms with van der Waals surface area (Å²) in [6.07, 6.45) is 0.808.